The van der Waals surface area contributed by atoms with Crippen LogP contribution in [-0.2, 0) is 16.0 Å². The number of carbonyl (C=O) groups is 2. The van der Waals surface area contributed by atoms with Crippen LogP contribution in [0.1, 0.15) is 29.7 Å². The minimum absolute atomic E-state index is 0.0277. The average Bonchev–Trinajstić information content (AvgIpc) is 3.43. The number of carbonyl (C=O) groups excluding carboxylic acids is 2. The molecule has 4 aromatic rings. The first-order chi connectivity index (χ1) is 16.8. The molecule has 35 heavy (non-hydrogen) atoms. The molecule has 2 heterocycles. The zero-order chi connectivity index (χ0) is 24.9. The molecule has 0 radical (unpaired) electrons. The third-order valence-corrected chi connectivity index (χ3v) is 5.44. The molecule has 0 fully saturated rings. The van der Waals surface area contributed by atoms with Gasteiger partial charge in [0.2, 0.25) is 5.89 Å². The van der Waals surface area contributed by atoms with Gasteiger partial charge in [-0.15, -0.1) is 5.06 Å². The number of furan rings is 1. The largest absolute Gasteiger partial charge is 0.533 e. The van der Waals surface area contributed by atoms with E-state index < -0.39 is 12.2 Å². The van der Waals surface area contributed by atoms with Crippen LogP contribution in [0.2, 0.25) is 0 Å². The van der Waals surface area contributed by atoms with E-state index in [1.165, 1.54) is 0 Å². The quantitative estimate of drug-likeness (QED) is 0.290. The van der Waals surface area contributed by atoms with Gasteiger partial charge in [0.05, 0.1) is 25.8 Å². The van der Waals surface area contributed by atoms with E-state index in [9.17, 15) is 9.59 Å². The van der Waals surface area contributed by atoms with Crippen molar-refractivity contribution < 1.29 is 28.0 Å². The molecular weight excluding hydrogens is 450 g/mol. The number of hydroxylamine groups is 2. The number of methoxy groups -OCH3 is 1. The highest BCUT2D eigenvalue weighted by Gasteiger charge is 2.16. The third-order valence-electron chi connectivity index (χ3n) is 5.44. The minimum Gasteiger partial charge on any atom is -0.461 e. The Balaban J connectivity index is 1.50. The number of benzene rings is 2. The molecule has 9 nitrogen and oxygen atoms in total. The SMILES string of the molecule is COC(=O)ON(C/C=C(\C)c1ccc2oc(Cc3nc(-c4ccccc4)oc3C)cc2c1)C(N)=O. The fourth-order valence-electron chi connectivity index (χ4n) is 3.53. The molecule has 0 saturated carbocycles. The highest BCUT2D eigenvalue weighted by molar-refractivity contribution is 5.83. The van der Waals surface area contributed by atoms with Crippen molar-refractivity contribution in [3.05, 3.63) is 83.5 Å². The van der Waals surface area contributed by atoms with Gasteiger partial charge in [0, 0.05) is 10.9 Å². The number of amides is 2. The first-order valence-corrected chi connectivity index (χ1v) is 10.9. The Morgan fingerprint density at radius 3 is 2.60 bits per heavy atom. The first kappa shape index (κ1) is 23.6. The number of allylic oxidation sites excluding steroid dienone is 1. The molecule has 0 unspecified atom stereocenters. The van der Waals surface area contributed by atoms with E-state index in [0.717, 1.165) is 52.0 Å². The molecule has 0 atom stereocenters. The van der Waals surface area contributed by atoms with Crippen molar-refractivity contribution in [1.29, 1.82) is 0 Å². The first-order valence-electron chi connectivity index (χ1n) is 10.9. The molecule has 0 aliphatic carbocycles. The van der Waals surface area contributed by atoms with E-state index in [1.54, 1.807) is 6.08 Å². The number of hydrogen-bond donors (Lipinski definition) is 1. The fraction of sp³-hybridized carbons (Fsp3) is 0.192. The van der Waals surface area contributed by atoms with Crippen molar-refractivity contribution >= 4 is 28.7 Å². The number of fused-ring (bicyclic) bond motifs is 1. The van der Waals surface area contributed by atoms with Crippen LogP contribution < -0.4 is 5.73 Å². The number of aromatic nitrogens is 1. The predicted octanol–water partition coefficient (Wildman–Crippen LogP) is 5.47. The normalized spacial score (nSPS) is 11.5. The second-order valence-corrected chi connectivity index (χ2v) is 7.86. The summed E-state index contributed by atoms with van der Waals surface area (Å²) < 4.78 is 16.3. The van der Waals surface area contributed by atoms with Crippen molar-refractivity contribution in [1.82, 2.24) is 10.0 Å². The Morgan fingerprint density at radius 1 is 1.11 bits per heavy atom. The zero-order valence-electron chi connectivity index (χ0n) is 19.6. The lowest BCUT2D eigenvalue weighted by atomic mass is 10.1. The summed E-state index contributed by atoms with van der Waals surface area (Å²) in [5.74, 6) is 2.09. The summed E-state index contributed by atoms with van der Waals surface area (Å²) in [7, 11) is 1.14. The fourth-order valence-corrected chi connectivity index (χ4v) is 3.53. The summed E-state index contributed by atoms with van der Waals surface area (Å²) in [6, 6.07) is 16.6. The molecule has 0 saturated heterocycles. The van der Waals surface area contributed by atoms with Gasteiger partial charge in [-0.3, -0.25) is 0 Å². The highest BCUT2D eigenvalue weighted by Crippen LogP contribution is 2.28. The number of nitrogens with zero attached hydrogens (tertiary/aromatic N) is 2. The van der Waals surface area contributed by atoms with Gasteiger partial charge < -0.3 is 24.1 Å². The summed E-state index contributed by atoms with van der Waals surface area (Å²) in [5, 5.41) is 1.64. The van der Waals surface area contributed by atoms with Crippen molar-refractivity contribution in [3.8, 4) is 11.5 Å². The molecule has 2 aromatic heterocycles. The monoisotopic (exact) mass is 475 g/mol. The molecule has 0 spiro atoms. The molecule has 2 amide bonds. The number of primary amides is 1. The maximum atomic E-state index is 11.5. The average molecular weight is 476 g/mol. The second-order valence-electron chi connectivity index (χ2n) is 7.86. The summed E-state index contributed by atoms with van der Waals surface area (Å²) in [5.41, 5.74) is 9.50. The topological polar surface area (TPSA) is 121 Å². The van der Waals surface area contributed by atoms with E-state index in [0.29, 0.717) is 17.4 Å². The van der Waals surface area contributed by atoms with Crippen LogP contribution in [0.4, 0.5) is 9.59 Å². The maximum absolute atomic E-state index is 11.5. The number of hydrogen-bond acceptors (Lipinski definition) is 7. The van der Waals surface area contributed by atoms with Crippen molar-refractivity contribution in [2.24, 2.45) is 5.73 Å². The molecule has 0 aliphatic heterocycles. The number of oxazole rings is 1. The van der Waals surface area contributed by atoms with Gasteiger partial charge in [0.15, 0.2) is 0 Å². The van der Waals surface area contributed by atoms with Gasteiger partial charge in [0.1, 0.15) is 17.1 Å². The molecule has 4 rings (SSSR count). The smallest absolute Gasteiger partial charge is 0.461 e. The standard InChI is InChI=1S/C26H25N3O6/c1-16(11-12-29(25(27)30)35-26(31)32-3)19-9-10-23-20(13-19)14-21(34-23)15-22-17(2)33-24(28-22)18-7-5-4-6-8-18/h4-11,13-14H,12,15H2,1-3H3,(H2,27,30)/b16-11+. The van der Waals surface area contributed by atoms with Crippen LogP contribution in [0.25, 0.3) is 28.0 Å². The van der Waals surface area contributed by atoms with E-state index in [1.807, 2.05) is 68.4 Å². The van der Waals surface area contributed by atoms with Crippen LogP contribution >= 0.6 is 0 Å². The van der Waals surface area contributed by atoms with Gasteiger partial charge >= 0.3 is 12.2 Å². The molecular formula is C26H25N3O6. The Kier molecular flexibility index (Phi) is 6.86. The van der Waals surface area contributed by atoms with E-state index in [-0.39, 0.29) is 6.54 Å². The molecule has 9 heteroatoms. The molecule has 2 N–H and O–H groups in total. The second kappa shape index (κ2) is 10.2. The summed E-state index contributed by atoms with van der Waals surface area (Å²) in [6.45, 7) is 3.74. The van der Waals surface area contributed by atoms with Crippen LogP contribution in [-0.4, -0.2) is 35.9 Å². The Bertz CT molecular complexity index is 1390. The number of nitrogens with two attached hydrogens (primary N) is 1. The van der Waals surface area contributed by atoms with E-state index >= 15 is 0 Å². The Morgan fingerprint density at radius 2 is 1.89 bits per heavy atom. The van der Waals surface area contributed by atoms with Crippen molar-refractivity contribution in [3.63, 3.8) is 0 Å². The van der Waals surface area contributed by atoms with Gasteiger partial charge in [-0.05, 0) is 55.3 Å². The molecule has 180 valence electrons. The number of urea groups is 1. The van der Waals surface area contributed by atoms with Gasteiger partial charge in [-0.1, -0.05) is 30.3 Å². The van der Waals surface area contributed by atoms with Crippen LogP contribution in [0.15, 0.2) is 69.5 Å². The lowest BCUT2D eigenvalue weighted by Gasteiger charge is -2.16. The highest BCUT2D eigenvalue weighted by atomic mass is 16.8. The van der Waals surface area contributed by atoms with E-state index in [2.05, 4.69) is 9.72 Å². The number of aryl methyl sites for hydroxylation is 1. The van der Waals surface area contributed by atoms with E-state index in [4.69, 9.17) is 19.4 Å². The lowest BCUT2D eigenvalue weighted by molar-refractivity contribution is -0.0772. The maximum Gasteiger partial charge on any atom is 0.533 e. The zero-order valence-corrected chi connectivity index (χ0v) is 19.6. The Hall–Kier alpha value is -4.53. The minimum atomic E-state index is -1.03. The number of ether oxygens (including phenoxy) is 1. The van der Waals surface area contributed by atoms with Crippen LogP contribution in [0, 0.1) is 6.92 Å². The molecule has 0 bridgehead atoms. The lowest BCUT2D eigenvalue weighted by Crippen LogP contribution is -2.37. The van der Waals surface area contributed by atoms with Crippen LogP contribution in [0.5, 0.6) is 0 Å². The number of rotatable bonds is 6. The predicted molar refractivity (Wildman–Crippen MR) is 129 cm³/mol. The van der Waals surface area contributed by atoms with Gasteiger partial charge in [0.25, 0.3) is 0 Å². The Labute approximate surface area is 201 Å². The third kappa shape index (κ3) is 5.52. The van der Waals surface area contributed by atoms with Gasteiger partial charge in [-0.2, -0.15) is 0 Å². The van der Waals surface area contributed by atoms with Crippen molar-refractivity contribution in [2.75, 3.05) is 13.7 Å². The summed E-state index contributed by atoms with van der Waals surface area (Å²) >= 11 is 0. The van der Waals surface area contributed by atoms with Crippen LogP contribution in [0.3, 0.4) is 0 Å². The summed E-state index contributed by atoms with van der Waals surface area (Å²) in [6.07, 6.45) is 1.19. The molecule has 2 aromatic carbocycles. The summed E-state index contributed by atoms with van der Waals surface area (Å²) in [4.78, 5) is 32.2. The molecule has 0 aliphatic rings. The van der Waals surface area contributed by atoms with Crippen molar-refractivity contribution in [2.45, 2.75) is 20.3 Å². The van der Waals surface area contributed by atoms with Gasteiger partial charge in [-0.25, -0.2) is 14.6 Å².